The average molecular weight is 369 g/mol. The van der Waals surface area contributed by atoms with Crippen LogP contribution in [-0.4, -0.2) is 30.8 Å². The Morgan fingerprint density at radius 1 is 1.04 bits per heavy atom. The number of nitrogens with one attached hydrogen (secondary N) is 1. The third-order valence-corrected chi connectivity index (χ3v) is 4.63. The molecule has 0 bridgehead atoms. The van der Waals surface area contributed by atoms with Crippen LogP contribution < -0.4 is 4.74 Å². The van der Waals surface area contributed by atoms with Gasteiger partial charge >= 0.3 is 0 Å². The van der Waals surface area contributed by atoms with Crippen molar-refractivity contribution in [1.82, 2.24) is 24.7 Å². The fourth-order valence-electron chi connectivity index (χ4n) is 3.39. The molecule has 6 nitrogen and oxygen atoms in total. The van der Waals surface area contributed by atoms with Crippen LogP contribution in [0.2, 0.25) is 0 Å². The van der Waals surface area contributed by atoms with Gasteiger partial charge in [-0.2, -0.15) is 5.10 Å². The molecule has 0 aliphatic carbocycles. The summed E-state index contributed by atoms with van der Waals surface area (Å²) in [7, 11) is 0. The lowest BCUT2D eigenvalue weighted by Gasteiger charge is -2.09. The Hall–Kier alpha value is -3.67. The molecule has 2 aromatic carbocycles. The van der Waals surface area contributed by atoms with Crippen molar-refractivity contribution in [1.29, 1.82) is 0 Å². The number of benzene rings is 2. The van der Waals surface area contributed by atoms with Crippen LogP contribution >= 0.6 is 0 Å². The smallest absolute Gasteiger partial charge is 0.233 e. The van der Waals surface area contributed by atoms with Crippen LogP contribution in [0.3, 0.4) is 0 Å². The number of ether oxygens (including phenoxy) is 1. The lowest BCUT2D eigenvalue weighted by molar-refractivity contribution is 0.232. The minimum atomic E-state index is 0.0522. The molecule has 28 heavy (non-hydrogen) atoms. The summed E-state index contributed by atoms with van der Waals surface area (Å²) in [6.07, 6.45) is 7.31. The molecule has 0 saturated carbocycles. The minimum Gasteiger partial charge on any atom is -0.474 e. The molecule has 3 aromatic heterocycles. The third kappa shape index (κ3) is 2.79. The first-order valence-electron chi connectivity index (χ1n) is 9.22. The van der Waals surface area contributed by atoms with E-state index in [1.54, 1.807) is 12.4 Å². The molecule has 3 heterocycles. The number of aromatic nitrogens is 5. The lowest BCUT2D eigenvalue weighted by atomic mass is 10.1. The van der Waals surface area contributed by atoms with Crippen molar-refractivity contribution in [3.8, 4) is 22.8 Å². The molecule has 0 radical (unpaired) electrons. The van der Waals surface area contributed by atoms with Gasteiger partial charge in [0.1, 0.15) is 0 Å². The van der Waals surface area contributed by atoms with Gasteiger partial charge in [0.2, 0.25) is 5.88 Å². The molecule has 0 unspecified atom stereocenters. The maximum atomic E-state index is 5.69. The highest BCUT2D eigenvalue weighted by Crippen LogP contribution is 2.29. The molecule has 0 fully saturated rings. The zero-order chi connectivity index (χ0) is 19.1. The molecule has 0 spiro atoms. The summed E-state index contributed by atoms with van der Waals surface area (Å²) in [5.41, 5.74) is 4.87. The SMILES string of the molecule is CC(C)Oc1cncc(-c2ccc3[nH]cc(-n4ncc5ccccc54)c3c2)n1. The van der Waals surface area contributed by atoms with Gasteiger partial charge in [0.05, 0.1) is 41.6 Å². The Bertz CT molecular complexity index is 1280. The van der Waals surface area contributed by atoms with Crippen LogP contribution in [0.1, 0.15) is 13.8 Å². The number of hydrogen-bond acceptors (Lipinski definition) is 4. The molecular weight excluding hydrogens is 350 g/mol. The van der Waals surface area contributed by atoms with Gasteiger partial charge in [0.25, 0.3) is 0 Å². The predicted octanol–water partition coefficient (Wildman–Crippen LogP) is 4.75. The van der Waals surface area contributed by atoms with E-state index in [1.807, 2.05) is 49.1 Å². The van der Waals surface area contributed by atoms with E-state index < -0.39 is 0 Å². The molecule has 0 saturated heterocycles. The molecule has 6 heteroatoms. The van der Waals surface area contributed by atoms with Crippen molar-refractivity contribution >= 4 is 21.8 Å². The Morgan fingerprint density at radius 2 is 1.93 bits per heavy atom. The largest absolute Gasteiger partial charge is 0.474 e. The van der Waals surface area contributed by atoms with Crippen LogP contribution in [0, 0.1) is 0 Å². The zero-order valence-corrected chi connectivity index (χ0v) is 15.6. The highest BCUT2D eigenvalue weighted by atomic mass is 16.5. The van der Waals surface area contributed by atoms with Gasteiger partial charge in [-0.15, -0.1) is 0 Å². The fourth-order valence-corrected chi connectivity index (χ4v) is 3.39. The van der Waals surface area contributed by atoms with Gasteiger partial charge in [-0.1, -0.05) is 24.3 Å². The van der Waals surface area contributed by atoms with Gasteiger partial charge < -0.3 is 9.72 Å². The third-order valence-electron chi connectivity index (χ3n) is 4.63. The average Bonchev–Trinajstić information content (AvgIpc) is 3.31. The molecule has 138 valence electrons. The summed E-state index contributed by atoms with van der Waals surface area (Å²) >= 11 is 0. The monoisotopic (exact) mass is 369 g/mol. The first kappa shape index (κ1) is 16.5. The van der Waals surface area contributed by atoms with Crippen molar-refractivity contribution in [3.63, 3.8) is 0 Å². The van der Waals surface area contributed by atoms with E-state index in [4.69, 9.17) is 4.74 Å². The Morgan fingerprint density at radius 3 is 2.82 bits per heavy atom. The second-order valence-corrected chi connectivity index (χ2v) is 6.96. The molecule has 5 rings (SSSR count). The van der Waals surface area contributed by atoms with Crippen molar-refractivity contribution in [3.05, 3.63) is 67.3 Å². The summed E-state index contributed by atoms with van der Waals surface area (Å²) in [6, 6.07) is 14.4. The summed E-state index contributed by atoms with van der Waals surface area (Å²) in [5, 5.41) is 6.77. The highest BCUT2D eigenvalue weighted by molar-refractivity contribution is 5.93. The van der Waals surface area contributed by atoms with Crippen LogP contribution in [0.15, 0.2) is 67.3 Å². The van der Waals surface area contributed by atoms with Gasteiger partial charge in [-0.05, 0) is 32.0 Å². The van der Waals surface area contributed by atoms with Crippen molar-refractivity contribution in [2.75, 3.05) is 0 Å². The van der Waals surface area contributed by atoms with E-state index >= 15 is 0 Å². The number of nitrogens with zero attached hydrogens (tertiary/aromatic N) is 4. The summed E-state index contributed by atoms with van der Waals surface area (Å²) in [4.78, 5) is 12.2. The van der Waals surface area contributed by atoms with E-state index in [-0.39, 0.29) is 6.10 Å². The maximum Gasteiger partial charge on any atom is 0.233 e. The van der Waals surface area contributed by atoms with Crippen LogP contribution in [0.25, 0.3) is 38.8 Å². The van der Waals surface area contributed by atoms with Crippen molar-refractivity contribution in [2.45, 2.75) is 20.0 Å². The Kier molecular flexibility index (Phi) is 3.83. The van der Waals surface area contributed by atoms with E-state index in [0.29, 0.717) is 5.88 Å². The molecule has 0 amide bonds. The number of hydrogen-bond donors (Lipinski definition) is 1. The second kappa shape index (κ2) is 6.49. The summed E-state index contributed by atoms with van der Waals surface area (Å²) in [5.74, 6) is 0.528. The quantitative estimate of drug-likeness (QED) is 0.496. The minimum absolute atomic E-state index is 0.0522. The van der Waals surface area contributed by atoms with E-state index in [2.05, 4.69) is 44.3 Å². The molecule has 0 aliphatic rings. The Labute approximate surface area is 161 Å². The molecule has 1 N–H and O–H groups in total. The molecule has 0 atom stereocenters. The van der Waals surface area contributed by atoms with Crippen molar-refractivity contribution < 1.29 is 4.74 Å². The normalized spacial score (nSPS) is 11.5. The maximum absolute atomic E-state index is 5.69. The van der Waals surface area contributed by atoms with Crippen LogP contribution in [0.5, 0.6) is 5.88 Å². The number of aromatic amines is 1. The van der Waals surface area contributed by atoms with E-state index in [0.717, 1.165) is 38.8 Å². The van der Waals surface area contributed by atoms with E-state index in [1.165, 1.54) is 0 Å². The second-order valence-electron chi connectivity index (χ2n) is 6.96. The van der Waals surface area contributed by atoms with Gasteiger partial charge in [-0.3, -0.25) is 4.98 Å². The molecular formula is C22H19N5O. The van der Waals surface area contributed by atoms with Crippen molar-refractivity contribution in [2.24, 2.45) is 0 Å². The summed E-state index contributed by atoms with van der Waals surface area (Å²) in [6.45, 7) is 3.95. The van der Waals surface area contributed by atoms with Gasteiger partial charge in [-0.25, -0.2) is 9.67 Å². The summed E-state index contributed by atoms with van der Waals surface area (Å²) < 4.78 is 7.65. The number of para-hydroxylation sites is 1. The van der Waals surface area contributed by atoms with Gasteiger partial charge in [0, 0.05) is 28.0 Å². The number of H-pyrrole nitrogens is 1. The first-order valence-corrected chi connectivity index (χ1v) is 9.22. The lowest BCUT2D eigenvalue weighted by Crippen LogP contribution is -2.07. The van der Waals surface area contributed by atoms with E-state index in [9.17, 15) is 0 Å². The van der Waals surface area contributed by atoms with Crippen LogP contribution in [0.4, 0.5) is 0 Å². The van der Waals surface area contributed by atoms with Gasteiger partial charge in [0.15, 0.2) is 0 Å². The molecule has 0 aliphatic heterocycles. The number of rotatable bonds is 4. The fraction of sp³-hybridized carbons (Fsp3) is 0.136. The first-order chi connectivity index (χ1) is 13.7. The molecule has 5 aromatic rings. The topological polar surface area (TPSA) is 68.6 Å². The zero-order valence-electron chi connectivity index (χ0n) is 15.6. The highest BCUT2D eigenvalue weighted by Gasteiger charge is 2.12. The Balaban J connectivity index is 1.63. The van der Waals surface area contributed by atoms with Crippen LogP contribution in [-0.2, 0) is 0 Å². The number of fused-ring (bicyclic) bond motifs is 2. The predicted molar refractivity (Wildman–Crippen MR) is 110 cm³/mol. The standard InChI is InChI=1S/C22H19N5O/c1-14(2)28-22-13-23-11-19(26-22)15-7-8-18-17(9-15)21(12-24-18)27-20-6-4-3-5-16(20)10-25-27/h3-14,24H,1-2H3.